The van der Waals surface area contributed by atoms with Gasteiger partial charge in [0.1, 0.15) is 11.9 Å². The highest BCUT2D eigenvalue weighted by Crippen LogP contribution is 2.19. The number of carbonyl (C=O) groups is 2. The van der Waals surface area contributed by atoms with Crippen LogP contribution in [0.25, 0.3) is 0 Å². The molecule has 1 amide bonds. The lowest BCUT2D eigenvalue weighted by atomic mass is 10.0. The van der Waals surface area contributed by atoms with Crippen molar-refractivity contribution in [2.75, 3.05) is 6.54 Å². The molecule has 0 aliphatic rings. The second-order valence-corrected chi connectivity index (χ2v) is 4.64. The molecule has 19 heavy (non-hydrogen) atoms. The molecule has 0 aliphatic carbocycles. The molecule has 6 nitrogen and oxygen atoms in total. The van der Waals surface area contributed by atoms with Gasteiger partial charge in [0.05, 0.1) is 17.8 Å². The van der Waals surface area contributed by atoms with Crippen LogP contribution < -0.4 is 5.32 Å². The number of carbonyl (C=O) groups excluding carboxylic acids is 2. The number of alkyl carbamates (subject to hydrolysis) is 1. The van der Waals surface area contributed by atoms with Crippen molar-refractivity contribution in [1.29, 1.82) is 0 Å². The van der Waals surface area contributed by atoms with Crippen LogP contribution in [0.1, 0.15) is 49.7 Å². The van der Waals surface area contributed by atoms with E-state index in [0.29, 0.717) is 11.3 Å². The lowest BCUT2D eigenvalue weighted by Crippen LogP contribution is -2.38. The molecule has 106 valence electrons. The third-order valence-electron chi connectivity index (χ3n) is 3.28. The molecule has 6 heteroatoms. The van der Waals surface area contributed by atoms with Gasteiger partial charge in [0.2, 0.25) is 0 Å². The van der Waals surface area contributed by atoms with Crippen LogP contribution in [0.3, 0.4) is 0 Å². The van der Waals surface area contributed by atoms with Crippen molar-refractivity contribution in [2.24, 2.45) is 0 Å². The number of ketones is 1. The monoisotopic (exact) mass is 268 g/mol. The Bertz CT molecular complexity index is 449. The van der Waals surface area contributed by atoms with Gasteiger partial charge in [-0.3, -0.25) is 4.79 Å². The zero-order chi connectivity index (χ0) is 14.5. The van der Waals surface area contributed by atoms with Crippen molar-refractivity contribution < 1.29 is 18.8 Å². The van der Waals surface area contributed by atoms with Gasteiger partial charge in [-0.2, -0.15) is 0 Å². The molecule has 0 saturated carbocycles. The summed E-state index contributed by atoms with van der Waals surface area (Å²) in [6, 6.07) is 0. The SMILES string of the molecule is CCC(C)(CC)OC(=O)NCC(=O)c1conc1C. The van der Waals surface area contributed by atoms with Crippen molar-refractivity contribution in [3.8, 4) is 0 Å². The van der Waals surface area contributed by atoms with E-state index < -0.39 is 11.7 Å². The van der Waals surface area contributed by atoms with Crippen molar-refractivity contribution in [3.63, 3.8) is 0 Å². The average Bonchev–Trinajstić information content (AvgIpc) is 2.82. The van der Waals surface area contributed by atoms with Crippen molar-refractivity contribution in [3.05, 3.63) is 17.5 Å². The Morgan fingerprint density at radius 3 is 2.53 bits per heavy atom. The number of aryl methyl sites for hydroxylation is 1. The number of rotatable bonds is 6. The minimum absolute atomic E-state index is 0.135. The van der Waals surface area contributed by atoms with Gasteiger partial charge in [-0.15, -0.1) is 0 Å². The molecule has 0 aliphatic heterocycles. The highest BCUT2D eigenvalue weighted by Gasteiger charge is 2.24. The van der Waals surface area contributed by atoms with Crippen LogP contribution in [0, 0.1) is 6.92 Å². The van der Waals surface area contributed by atoms with Gasteiger partial charge in [0.25, 0.3) is 0 Å². The molecule has 0 aromatic carbocycles. The zero-order valence-corrected chi connectivity index (χ0v) is 11.8. The van der Waals surface area contributed by atoms with Gasteiger partial charge < -0.3 is 14.6 Å². The molecule has 1 aromatic rings. The molecule has 1 N–H and O–H groups in total. The standard InChI is InChI=1S/C13H20N2O4/c1-5-13(4,6-2)19-12(17)14-7-11(16)10-8-18-15-9(10)3/h8H,5-7H2,1-4H3,(H,14,17). The van der Waals surface area contributed by atoms with E-state index in [1.807, 2.05) is 20.8 Å². The van der Waals surface area contributed by atoms with Gasteiger partial charge >= 0.3 is 6.09 Å². The molecule has 0 atom stereocenters. The van der Waals surface area contributed by atoms with E-state index in [-0.39, 0.29) is 12.3 Å². The number of Topliss-reactive ketones (excluding diaryl/α,β-unsaturated/α-hetero) is 1. The van der Waals surface area contributed by atoms with E-state index in [9.17, 15) is 9.59 Å². The Kier molecular flexibility index (Phi) is 5.09. The van der Waals surface area contributed by atoms with E-state index in [0.717, 1.165) is 12.8 Å². The second-order valence-electron chi connectivity index (χ2n) is 4.64. The molecule has 1 heterocycles. The van der Waals surface area contributed by atoms with Gasteiger partial charge in [0, 0.05) is 0 Å². The van der Waals surface area contributed by atoms with Crippen LogP contribution in [-0.4, -0.2) is 29.2 Å². The first kappa shape index (κ1) is 15.2. The Morgan fingerprint density at radius 2 is 2.05 bits per heavy atom. The minimum Gasteiger partial charge on any atom is -0.443 e. The predicted octanol–water partition coefficient (Wildman–Crippen LogP) is 2.47. The Morgan fingerprint density at radius 1 is 1.42 bits per heavy atom. The Labute approximate surface area is 112 Å². The average molecular weight is 268 g/mol. The third-order valence-corrected chi connectivity index (χ3v) is 3.28. The summed E-state index contributed by atoms with van der Waals surface area (Å²) in [7, 11) is 0. The summed E-state index contributed by atoms with van der Waals surface area (Å²) in [6.07, 6.45) is 2.12. The summed E-state index contributed by atoms with van der Waals surface area (Å²) in [5.41, 5.74) is 0.376. The number of nitrogens with one attached hydrogen (secondary N) is 1. The summed E-state index contributed by atoms with van der Waals surface area (Å²) in [6.45, 7) is 7.29. The van der Waals surface area contributed by atoms with Crippen molar-refractivity contribution >= 4 is 11.9 Å². The quantitative estimate of drug-likeness (QED) is 0.801. The molecule has 0 spiro atoms. The molecule has 0 fully saturated rings. The van der Waals surface area contributed by atoms with Gasteiger partial charge in [-0.05, 0) is 26.7 Å². The highest BCUT2D eigenvalue weighted by molar-refractivity contribution is 5.99. The van der Waals surface area contributed by atoms with Crippen LogP contribution in [-0.2, 0) is 4.74 Å². The van der Waals surface area contributed by atoms with E-state index in [1.54, 1.807) is 6.92 Å². The number of hydrogen-bond donors (Lipinski definition) is 1. The summed E-state index contributed by atoms with van der Waals surface area (Å²) in [5, 5.41) is 6.05. The first-order chi connectivity index (χ1) is 8.91. The number of ether oxygens (including phenoxy) is 1. The van der Waals surface area contributed by atoms with E-state index >= 15 is 0 Å². The smallest absolute Gasteiger partial charge is 0.408 e. The zero-order valence-electron chi connectivity index (χ0n) is 11.8. The van der Waals surface area contributed by atoms with Gasteiger partial charge in [0.15, 0.2) is 5.78 Å². The minimum atomic E-state index is -0.589. The number of nitrogens with zero attached hydrogens (tertiary/aromatic N) is 1. The highest BCUT2D eigenvalue weighted by atomic mass is 16.6. The van der Waals surface area contributed by atoms with Crippen LogP contribution in [0.4, 0.5) is 4.79 Å². The normalized spacial score (nSPS) is 11.2. The largest absolute Gasteiger partial charge is 0.443 e. The molecule has 1 rings (SSSR count). The summed E-state index contributed by atoms with van der Waals surface area (Å²) >= 11 is 0. The fourth-order valence-corrected chi connectivity index (χ4v) is 1.46. The van der Waals surface area contributed by atoms with Crippen LogP contribution in [0.2, 0.25) is 0 Å². The molecular weight excluding hydrogens is 248 g/mol. The number of amides is 1. The molecular formula is C13H20N2O4. The molecule has 0 unspecified atom stereocenters. The predicted molar refractivity (Wildman–Crippen MR) is 69.0 cm³/mol. The van der Waals surface area contributed by atoms with Gasteiger partial charge in [-0.25, -0.2) is 4.79 Å². The summed E-state index contributed by atoms with van der Waals surface area (Å²) in [5.74, 6) is -0.259. The summed E-state index contributed by atoms with van der Waals surface area (Å²) < 4.78 is 9.97. The van der Waals surface area contributed by atoms with Crippen LogP contribution >= 0.6 is 0 Å². The maximum Gasteiger partial charge on any atom is 0.408 e. The van der Waals surface area contributed by atoms with E-state index in [2.05, 4.69) is 15.0 Å². The molecule has 1 aromatic heterocycles. The summed E-state index contributed by atoms with van der Waals surface area (Å²) in [4.78, 5) is 23.4. The van der Waals surface area contributed by atoms with Crippen molar-refractivity contribution in [2.45, 2.75) is 46.1 Å². The fraction of sp³-hybridized carbons (Fsp3) is 0.615. The third kappa shape index (κ3) is 4.08. The fourth-order valence-electron chi connectivity index (χ4n) is 1.46. The van der Waals surface area contributed by atoms with Crippen LogP contribution in [0.15, 0.2) is 10.8 Å². The Balaban J connectivity index is 2.47. The lowest BCUT2D eigenvalue weighted by molar-refractivity contribution is 0.0192. The van der Waals surface area contributed by atoms with Crippen molar-refractivity contribution in [1.82, 2.24) is 10.5 Å². The maximum absolute atomic E-state index is 11.8. The maximum atomic E-state index is 11.8. The van der Waals surface area contributed by atoms with Crippen LogP contribution in [0.5, 0.6) is 0 Å². The van der Waals surface area contributed by atoms with E-state index in [4.69, 9.17) is 4.74 Å². The molecule has 0 bridgehead atoms. The number of aromatic nitrogens is 1. The van der Waals surface area contributed by atoms with Gasteiger partial charge in [-0.1, -0.05) is 19.0 Å². The first-order valence-corrected chi connectivity index (χ1v) is 6.33. The first-order valence-electron chi connectivity index (χ1n) is 6.33. The lowest BCUT2D eigenvalue weighted by Gasteiger charge is -2.26. The molecule has 0 saturated heterocycles. The Hall–Kier alpha value is -1.85. The topological polar surface area (TPSA) is 81.4 Å². The van der Waals surface area contributed by atoms with E-state index in [1.165, 1.54) is 6.26 Å². The number of hydrogen-bond acceptors (Lipinski definition) is 5. The second kappa shape index (κ2) is 6.36. The molecule has 0 radical (unpaired) electrons.